The molecule has 1 aromatic heterocycles. The van der Waals surface area contributed by atoms with E-state index in [1.807, 2.05) is 24.3 Å². The number of rotatable bonds is 4. The van der Waals surface area contributed by atoms with Gasteiger partial charge in [0.1, 0.15) is 6.10 Å². The number of ether oxygens (including phenoxy) is 1. The van der Waals surface area contributed by atoms with Crippen LogP contribution in [-0.2, 0) is 11.3 Å². The van der Waals surface area contributed by atoms with E-state index in [-0.39, 0.29) is 0 Å². The Labute approximate surface area is 104 Å². The first-order valence-electron chi connectivity index (χ1n) is 5.17. The van der Waals surface area contributed by atoms with Crippen molar-refractivity contribution in [3.05, 3.63) is 46.5 Å². The Kier molecular flexibility index (Phi) is 3.73. The summed E-state index contributed by atoms with van der Waals surface area (Å²) in [6, 6.07) is 7.65. The van der Waals surface area contributed by atoms with Crippen molar-refractivity contribution in [3.8, 4) is 0 Å². The molecule has 2 rings (SSSR count). The molecule has 1 aromatic carbocycles. The molecule has 0 aliphatic rings. The van der Waals surface area contributed by atoms with Crippen LogP contribution < -0.4 is 5.73 Å². The van der Waals surface area contributed by atoms with E-state index in [1.54, 1.807) is 13.3 Å². The molecule has 0 aliphatic carbocycles. The fraction of sp³-hybridized carbons (Fsp3) is 0.250. The van der Waals surface area contributed by atoms with Gasteiger partial charge in [-0.05, 0) is 11.1 Å². The predicted molar refractivity (Wildman–Crippen MR) is 67.7 cm³/mol. The van der Waals surface area contributed by atoms with Crippen LogP contribution in [-0.4, -0.2) is 17.2 Å². The highest BCUT2D eigenvalue weighted by atomic mass is 32.1. The summed E-state index contributed by atoms with van der Waals surface area (Å²) in [4.78, 5) is 4.68. The third kappa shape index (κ3) is 2.82. The molecule has 0 radical (unpaired) electrons. The molecule has 2 aromatic rings. The summed E-state index contributed by atoms with van der Waals surface area (Å²) in [7, 11) is 1.65. The van der Waals surface area contributed by atoms with E-state index in [9.17, 15) is 5.11 Å². The van der Waals surface area contributed by atoms with Gasteiger partial charge in [-0.1, -0.05) is 35.6 Å². The summed E-state index contributed by atoms with van der Waals surface area (Å²) in [5.74, 6) is 0. The minimum absolute atomic E-state index is 0.465. The minimum atomic E-state index is -0.679. The number of methoxy groups -OCH3 is 1. The Morgan fingerprint density at radius 3 is 3.00 bits per heavy atom. The summed E-state index contributed by atoms with van der Waals surface area (Å²) < 4.78 is 5.06. The number of nitrogens with zero attached hydrogens (tertiary/aromatic N) is 1. The molecular weight excluding hydrogens is 236 g/mol. The summed E-state index contributed by atoms with van der Waals surface area (Å²) in [5, 5.41) is 10.6. The third-order valence-corrected chi connectivity index (χ3v) is 3.27. The van der Waals surface area contributed by atoms with Gasteiger partial charge in [0, 0.05) is 13.3 Å². The van der Waals surface area contributed by atoms with Crippen LogP contribution in [0, 0.1) is 0 Å². The van der Waals surface area contributed by atoms with E-state index in [0.717, 1.165) is 16.0 Å². The normalized spacial score (nSPS) is 12.6. The van der Waals surface area contributed by atoms with E-state index in [0.29, 0.717) is 11.7 Å². The second-order valence-electron chi connectivity index (χ2n) is 3.68. The van der Waals surface area contributed by atoms with Crippen molar-refractivity contribution in [2.24, 2.45) is 0 Å². The smallest absolute Gasteiger partial charge is 0.180 e. The first-order valence-corrected chi connectivity index (χ1v) is 5.99. The average molecular weight is 250 g/mol. The summed E-state index contributed by atoms with van der Waals surface area (Å²) >= 11 is 1.30. The molecule has 5 heteroatoms. The van der Waals surface area contributed by atoms with Gasteiger partial charge < -0.3 is 15.6 Å². The van der Waals surface area contributed by atoms with Crippen LogP contribution in [0.3, 0.4) is 0 Å². The van der Waals surface area contributed by atoms with Crippen molar-refractivity contribution in [2.75, 3.05) is 12.8 Å². The zero-order valence-electron chi connectivity index (χ0n) is 9.46. The van der Waals surface area contributed by atoms with Crippen molar-refractivity contribution in [1.29, 1.82) is 0 Å². The molecule has 4 nitrogen and oxygen atoms in total. The van der Waals surface area contributed by atoms with Gasteiger partial charge in [-0.15, -0.1) is 0 Å². The van der Waals surface area contributed by atoms with Gasteiger partial charge in [-0.25, -0.2) is 4.98 Å². The highest BCUT2D eigenvalue weighted by molar-refractivity contribution is 7.15. The van der Waals surface area contributed by atoms with Gasteiger partial charge in [0.2, 0.25) is 0 Å². The Bertz CT molecular complexity index is 499. The second-order valence-corrected chi connectivity index (χ2v) is 4.78. The van der Waals surface area contributed by atoms with Gasteiger partial charge >= 0.3 is 0 Å². The zero-order valence-corrected chi connectivity index (χ0v) is 10.3. The van der Waals surface area contributed by atoms with Crippen molar-refractivity contribution in [3.63, 3.8) is 0 Å². The number of aromatic nitrogens is 1. The third-order valence-electron chi connectivity index (χ3n) is 2.39. The number of hydrogen-bond donors (Lipinski definition) is 2. The van der Waals surface area contributed by atoms with E-state index < -0.39 is 6.10 Å². The van der Waals surface area contributed by atoms with Gasteiger partial charge in [-0.3, -0.25) is 0 Å². The lowest BCUT2D eigenvalue weighted by molar-refractivity contribution is 0.184. The van der Waals surface area contributed by atoms with Crippen LogP contribution >= 0.6 is 11.3 Å². The lowest BCUT2D eigenvalue weighted by Gasteiger charge is -2.09. The molecule has 1 unspecified atom stereocenters. The van der Waals surface area contributed by atoms with Gasteiger partial charge in [0.05, 0.1) is 11.5 Å². The van der Waals surface area contributed by atoms with E-state index in [4.69, 9.17) is 10.5 Å². The number of anilines is 1. The maximum atomic E-state index is 10.2. The molecular formula is C12H14N2O2S. The van der Waals surface area contributed by atoms with Gasteiger partial charge in [0.15, 0.2) is 5.13 Å². The molecule has 0 fully saturated rings. The molecule has 0 saturated heterocycles. The molecule has 0 aliphatic heterocycles. The Hall–Kier alpha value is -1.43. The standard InChI is InChI=1S/C12H14N2O2S/c1-16-7-8-3-2-4-9(5-8)11(15)10-6-14-12(13)17-10/h2-6,11,15H,7H2,1H3,(H2,13,14). The highest BCUT2D eigenvalue weighted by Gasteiger charge is 2.13. The fourth-order valence-electron chi connectivity index (χ4n) is 1.61. The van der Waals surface area contributed by atoms with Crippen LogP contribution in [0.5, 0.6) is 0 Å². The molecule has 17 heavy (non-hydrogen) atoms. The molecule has 1 atom stereocenters. The molecule has 3 N–H and O–H groups in total. The average Bonchev–Trinajstić information content (AvgIpc) is 2.76. The summed E-state index contributed by atoms with van der Waals surface area (Å²) in [5.41, 5.74) is 7.40. The first-order chi connectivity index (χ1) is 8.20. The monoisotopic (exact) mass is 250 g/mol. The summed E-state index contributed by atoms with van der Waals surface area (Å²) in [6.45, 7) is 0.533. The Balaban J connectivity index is 2.24. The maximum Gasteiger partial charge on any atom is 0.180 e. The van der Waals surface area contributed by atoms with E-state index in [2.05, 4.69) is 4.98 Å². The number of aliphatic hydroxyl groups excluding tert-OH is 1. The van der Waals surface area contributed by atoms with Crippen molar-refractivity contribution >= 4 is 16.5 Å². The van der Waals surface area contributed by atoms with Crippen LogP contribution in [0.4, 0.5) is 5.13 Å². The minimum Gasteiger partial charge on any atom is -0.383 e. The van der Waals surface area contributed by atoms with E-state index in [1.165, 1.54) is 11.3 Å². The second kappa shape index (κ2) is 5.27. The maximum absolute atomic E-state index is 10.2. The molecule has 0 spiro atoms. The molecule has 0 saturated carbocycles. The van der Waals surface area contributed by atoms with Crippen molar-refractivity contribution < 1.29 is 9.84 Å². The van der Waals surface area contributed by atoms with Gasteiger partial charge in [0.25, 0.3) is 0 Å². The Morgan fingerprint density at radius 2 is 2.35 bits per heavy atom. The molecule has 90 valence electrons. The number of thiazole rings is 1. The first kappa shape index (κ1) is 12.0. The lowest BCUT2D eigenvalue weighted by Crippen LogP contribution is -1.98. The topological polar surface area (TPSA) is 68.4 Å². The predicted octanol–water partition coefficient (Wildman–Crippen LogP) is 1.95. The van der Waals surface area contributed by atoms with Gasteiger partial charge in [-0.2, -0.15) is 0 Å². The van der Waals surface area contributed by atoms with Crippen molar-refractivity contribution in [1.82, 2.24) is 4.98 Å². The van der Waals surface area contributed by atoms with E-state index >= 15 is 0 Å². The molecule has 0 bridgehead atoms. The zero-order chi connectivity index (χ0) is 12.3. The fourth-order valence-corrected chi connectivity index (χ4v) is 2.31. The number of hydrogen-bond acceptors (Lipinski definition) is 5. The summed E-state index contributed by atoms with van der Waals surface area (Å²) in [6.07, 6.45) is 0.926. The number of benzene rings is 1. The van der Waals surface area contributed by atoms with Crippen LogP contribution in [0.25, 0.3) is 0 Å². The lowest BCUT2D eigenvalue weighted by atomic mass is 10.1. The molecule has 0 amide bonds. The van der Waals surface area contributed by atoms with Crippen molar-refractivity contribution in [2.45, 2.75) is 12.7 Å². The largest absolute Gasteiger partial charge is 0.383 e. The Morgan fingerprint density at radius 1 is 1.53 bits per heavy atom. The quantitative estimate of drug-likeness (QED) is 0.870. The number of aliphatic hydroxyl groups is 1. The number of nitrogen functional groups attached to an aromatic ring is 1. The highest BCUT2D eigenvalue weighted by Crippen LogP contribution is 2.28. The van der Waals surface area contributed by atoms with Crippen LogP contribution in [0.2, 0.25) is 0 Å². The van der Waals surface area contributed by atoms with Crippen LogP contribution in [0.1, 0.15) is 22.1 Å². The molecule has 1 heterocycles. The number of nitrogens with two attached hydrogens (primary N) is 1. The SMILES string of the molecule is COCc1cccc(C(O)c2cnc(N)s2)c1. The van der Waals surface area contributed by atoms with Crippen LogP contribution in [0.15, 0.2) is 30.5 Å².